The molecule has 0 aromatic heterocycles. The Morgan fingerprint density at radius 1 is 1.06 bits per heavy atom. The lowest BCUT2D eigenvalue weighted by Gasteiger charge is -2.37. The van der Waals surface area contributed by atoms with E-state index in [4.69, 9.17) is 0 Å². The monoisotopic (exact) mass is 275 g/mol. The summed E-state index contributed by atoms with van der Waals surface area (Å²) in [6.07, 6.45) is 4.00. The van der Waals surface area contributed by atoms with E-state index in [-0.39, 0.29) is 0 Å². The number of likely N-dealkylation sites (N-methyl/N-ethyl adjacent to an activating group) is 1. The molecule has 1 unspecified atom stereocenters. The van der Waals surface area contributed by atoms with Crippen LogP contribution in [0.15, 0.2) is 0 Å². The molecule has 0 aromatic carbocycles. The van der Waals surface area contributed by atoms with Crippen LogP contribution in [0.1, 0.15) is 32.6 Å². The molecule has 2 saturated heterocycles. The van der Waals surface area contributed by atoms with E-state index in [1.807, 2.05) is 7.05 Å². The molecule has 6 heteroatoms. The van der Waals surface area contributed by atoms with Crippen LogP contribution in [-0.4, -0.2) is 56.3 Å². The molecule has 2 fully saturated rings. The maximum atomic E-state index is 12.5. The number of rotatable bonds is 3. The molecule has 2 aliphatic heterocycles. The largest absolute Gasteiger partial charge is 0.316 e. The highest BCUT2D eigenvalue weighted by Gasteiger charge is 2.34. The molecule has 2 rings (SSSR count). The zero-order valence-electron chi connectivity index (χ0n) is 11.4. The van der Waals surface area contributed by atoms with Gasteiger partial charge in [-0.15, -0.1) is 0 Å². The highest BCUT2D eigenvalue weighted by atomic mass is 32.2. The van der Waals surface area contributed by atoms with Crippen LogP contribution in [0, 0.1) is 5.92 Å². The molecular weight excluding hydrogens is 250 g/mol. The van der Waals surface area contributed by atoms with Gasteiger partial charge in [0, 0.05) is 32.2 Å². The third-order valence-corrected chi connectivity index (χ3v) is 6.19. The van der Waals surface area contributed by atoms with Crippen molar-refractivity contribution in [2.24, 2.45) is 5.92 Å². The summed E-state index contributed by atoms with van der Waals surface area (Å²) in [5, 5.41) is 3.19. The molecule has 0 spiro atoms. The first kappa shape index (κ1) is 14.2. The van der Waals surface area contributed by atoms with Crippen LogP contribution in [0.3, 0.4) is 0 Å². The molecule has 0 amide bonds. The van der Waals surface area contributed by atoms with E-state index in [2.05, 4.69) is 12.2 Å². The SMILES string of the molecule is CNC1CCCN(S(=O)(=O)N2CCC(C)CC2)C1. The van der Waals surface area contributed by atoms with Gasteiger partial charge < -0.3 is 5.32 Å². The van der Waals surface area contributed by atoms with Crippen LogP contribution in [0.5, 0.6) is 0 Å². The predicted molar refractivity (Wildman–Crippen MR) is 72.5 cm³/mol. The summed E-state index contributed by atoms with van der Waals surface area (Å²) in [6, 6.07) is 0.303. The molecule has 0 radical (unpaired) electrons. The summed E-state index contributed by atoms with van der Waals surface area (Å²) in [7, 11) is -1.32. The normalized spacial score (nSPS) is 29.6. The smallest absolute Gasteiger partial charge is 0.282 e. The highest BCUT2D eigenvalue weighted by Crippen LogP contribution is 2.23. The maximum Gasteiger partial charge on any atom is 0.282 e. The lowest BCUT2D eigenvalue weighted by atomic mass is 10.0. The summed E-state index contributed by atoms with van der Waals surface area (Å²) in [4.78, 5) is 0. The van der Waals surface area contributed by atoms with Crippen LogP contribution in [0.25, 0.3) is 0 Å². The topological polar surface area (TPSA) is 52.7 Å². The summed E-state index contributed by atoms with van der Waals surface area (Å²) in [5.41, 5.74) is 0. The fourth-order valence-corrected chi connectivity index (χ4v) is 4.49. The summed E-state index contributed by atoms with van der Waals surface area (Å²) < 4.78 is 28.4. The van der Waals surface area contributed by atoms with E-state index < -0.39 is 10.2 Å². The lowest BCUT2D eigenvalue weighted by Crippen LogP contribution is -2.53. The number of hydrogen-bond acceptors (Lipinski definition) is 3. The minimum atomic E-state index is -3.22. The van der Waals surface area contributed by atoms with Gasteiger partial charge in [0.05, 0.1) is 0 Å². The molecule has 2 aliphatic rings. The van der Waals surface area contributed by atoms with Gasteiger partial charge in [0.2, 0.25) is 0 Å². The molecule has 5 nitrogen and oxygen atoms in total. The fraction of sp³-hybridized carbons (Fsp3) is 1.00. The van der Waals surface area contributed by atoms with Crippen LogP contribution in [0.4, 0.5) is 0 Å². The molecule has 0 bridgehead atoms. The number of hydrogen-bond donors (Lipinski definition) is 1. The number of nitrogens with one attached hydrogen (secondary N) is 1. The molecule has 0 saturated carbocycles. The average molecular weight is 275 g/mol. The average Bonchev–Trinajstić information content (AvgIpc) is 2.39. The molecule has 0 aromatic rings. The Morgan fingerprint density at radius 3 is 2.33 bits per heavy atom. The molecule has 18 heavy (non-hydrogen) atoms. The van der Waals surface area contributed by atoms with Gasteiger partial charge in [0.25, 0.3) is 10.2 Å². The van der Waals surface area contributed by atoms with E-state index in [0.29, 0.717) is 38.1 Å². The predicted octanol–water partition coefficient (Wildman–Crippen LogP) is 0.647. The fourth-order valence-electron chi connectivity index (χ4n) is 2.77. The molecule has 106 valence electrons. The third kappa shape index (κ3) is 3.04. The van der Waals surface area contributed by atoms with Crippen molar-refractivity contribution in [2.75, 3.05) is 33.2 Å². The second-order valence-corrected chi connectivity index (χ2v) is 7.50. The minimum absolute atomic E-state index is 0.303. The first-order valence-corrected chi connectivity index (χ1v) is 8.36. The number of nitrogens with zero attached hydrogens (tertiary/aromatic N) is 2. The van der Waals surface area contributed by atoms with Gasteiger partial charge in [-0.2, -0.15) is 17.0 Å². The molecule has 1 atom stereocenters. The van der Waals surface area contributed by atoms with E-state index in [9.17, 15) is 8.42 Å². The van der Waals surface area contributed by atoms with Crippen molar-refractivity contribution in [2.45, 2.75) is 38.6 Å². The zero-order valence-corrected chi connectivity index (χ0v) is 12.2. The Bertz CT molecular complexity index is 364. The lowest BCUT2D eigenvalue weighted by molar-refractivity contribution is 0.238. The third-order valence-electron chi connectivity index (χ3n) is 4.19. The van der Waals surface area contributed by atoms with E-state index in [1.54, 1.807) is 8.61 Å². The Labute approximate surface area is 111 Å². The highest BCUT2D eigenvalue weighted by molar-refractivity contribution is 7.86. The van der Waals surface area contributed by atoms with Crippen molar-refractivity contribution in [3.05, 3.63) is 0 Å². The quantitative estimate of drug-likeness (QED) is 0.823. The summed E-state index contributed by atoms with van der Waals surface area (Å²) in [6.45, 7) is 4.85. The second-order valence-electron chi connectivity index (χ2n) is 5.58. The zero-order chi connectivity index (χ0) is 13.2. The van der Waals surface area contributed by atoms with Crippen molar-refractivity contribution in [3.8, 4) is 0 Å². The Hall–Kier alpha value is -0.170. The molecule has 1 N–H and O–H groups in total. The summed E-state index contributed by atoms with van der Waals surface area (Å²) in [5.74, 6) is 0.655. The first-order valence-electron chi connectivity index (χ1n) is 6.96. The van der Waals surface area contributed by atoms with E-state index in [1.165, 1.54) is 0 Å². The second kappa shape index (κ2) is 5.86. The van der Waals surface area contributed by atoms with Gasteiger partial charge in [0.1, 0.15) is 0 Å². The van der Waals surface area contributed by atoms with Crippen molar-refractivity contribution >= 4 is 10.2 Å². The molecule has 2 heterocycles. The van der Waals surface area contributed by atoms with Crippen LogP contribution >= 0.6 is 0 Å². The maximum absolute atomic E-state index is 12.5. The van der Waals surface area contributed by atoms with Crippen LogP contribution in [0.2, 0.25) is 0 Å². The Morgan fingerprint density at radius 2 is 1.72 bits per heavy atom. The van der Waals surface area contributed by atoms with Gasteiger partial charge in [-0.1, -0.05) is 6.92 Å². The van der Waals surface area contributed by atoms with Crippen LogP contribution in [-0.2, 0) is 10.2 Å². The van der Waals surface area contributed by atoms with Gasteiger partial charge >= 0.3 is 0 Å². The van der Waals surface area contributed by atoms with E-state index in [0.717, 1.165) is 25.7 Å². The van der Waals surface area contributed by atoms with Gasteiger partial charge in [-0.25, -0.2) is 0 Å². The summed E-state index contributed by atoms with van der Waals surface area (Å²) >= 11 is 0. The number of piperidine rings is 2. The van der Waals surface area contributed by atoms with E-state index >= 15 is 0 Å². The Kier molecular flexibility index (Phi) is 4.64. The molecule has 0 aliphatic carbocycles. The minimum Gasteiger partial charge on any atom is -0.316 e. The first-order chi connectivity index (χ1) is 8.54. The Balaban J connectivity index is 2.01. The van der Waals surface area contributed by atoms with Gasteiger partial charge in [-0.3, -0.25) is 0 Å². The van der Waals surface area contributed by atoms with Gasteiger partial charge in [-0.05, 0) is 38.6 Å². The van der Waals surface area contributed by atoms with Crippen molar-refractivity contribution in [1.29, 1.82) is 0 Å². The standard InChI is InChI=1S/C12H25N3O2S/c1-11-5-8-14(9-6-11)18(16,17)15-7-3-4-12(10-15)13-2/h11-13H,3-10H2,1-2H3. The van der Waals surface area contributed by atoms with Crippen molar-refractivity contribution in [3.63, 3.8) is 0 Å². The van der Waals surface area contributed by atoms with Crippen molar-refractivity contribution < 1.29 is 8.42 Å². The van der Waals surface area contributed by atoms with Gasteiger partial charge in [0.15, 0.2) is 0 Å². The van der Waals surface area contributed by atoms with Crippen LogP contribution < -0.4 is 5.32 Å². The molecular formula is C12H25N3O2S. The van der Waals surface area contributed by atoms with Crippen molar-refractivity contribution in [1.82, 2.24) is 13.9 Å².